The Morgan fingerprint density at radius 1 is 1.39 bits per heavy atom. The third kappa shape index (κ3) is 5.04. The van der Waals surface area contributed by atoms with Crippen LogP contribution in [-0.4, -0.2) is 32.1 Å². The zero-order chi connectivity index (χ0) is 13.5. The second-order valence-corrected chi connectivity index (χ2v) is 5.68. The first-order valence-corrected chi connectivity index (χ1v) is 7.17. The molecule has 2 nitrogen and oxygen atoms in total. The van der Waals surface area contributed by atoms with E-state index in [2.05, 4.69) is 33.1 Å². The van der Waals surface area contributed by atoms with Gasteiger partial charge in [0, 0.05) is 16.1 Å². The van der Waals surface area contributed by atoms with Crippen LogP contribution in [0.1, 0.15) is 31.4 Å². The van der Waals surface area contributed by atoms with E-state index in [1.165, 1.54) is 6.07 Å². The van der Waals surface area contributed by atoms with Gasteiger partial charge in [-0.1, -0.05) is 22.9 Å². The summed E-state index contributed by atoms with van der Waals surface area (Å²) >= 11 is 3.41. The minimum absolute atomic E-state index is 0.0739. The summed E-state index contributed by atoms with van der Waals surface area (Å²) in [6.07, 6.45) is 1.95. The number of nitrogens with zero attached hydrogens (tertiary/aromatic N) is 1. The Kier molecular flexibility index (Phi) is 6.82. The molecule has 1 aromatic rings. The van der Waals surface area contributed by atoms with E-state index in [4.69, 9.17) is 0 Å². The average molecular weight is 317 g/mol. The van der Waals surface area contributed by atoms with Crippen molar-refractivity contribution in [3.63, 3.8) is 0 Å². The molecule has 1 unspecified atom stereocenters. The molecule has 0 heterocycles. The fourth-order valence-electron chi connectivity index (χ4n) is 1.86. The van der Waals surface area contributed by atoms with Crippen molar-refractivity contribution in [2.45, 2.75) is 25.8 Å². The number of benzene rings is 1. The lowest BCUT2D eigenvalue weighted by Gasteiger charge is -2.21. The first-order chi connectivity index (χ1) is 8.54. The summed E-state index contributed by atoms with van der Waals surface area (Å²) in [5.74, 6) is -0.134. The van der Waals surface area contributed by atoms with Crippen molar-refractivity contribution in [3.05, 3.63) is 34.1 Å². The number of nitrogens with one attached hydrogen (secondary N) is 1. The molecule has 18 heavy (non-hydrogen) atoms. The second kappa shape index (κ2) is 7.87. The van der Waals surface area contributed by atoms with Gasteiger partial charge in [-0.3, -0.25) is 0 Å². The fraction of sp³-hybridized carbons (Fsp3) is 0.571. The molecule has 0 fully saturated rings. The molecule has 0 aliphatic heterocycles. The molecule has 0 amide bonds. The van der Waals surface area contributed by atoms with Crippen molar-refractivity contribution in [1.82, 2.24) is 10.2 Å². The summed E-state index contributed by atoms with van der Waals surface area (Å²) in [7, 11) is 4.07. The lowest BCUT2D eigenvalue weighted by molar-refractivity contribution is 0.356. The molecule has 1 aromatic carbocycles. The molecule has 1 N–H and O–H groups in total. The summed E-state index contributed by atoms with van der Waals surface area (Å²) in [6.45, 7) is 3.96. The topological polar surface area (TPSA) is 15.3 Å². The van der Waals surface area contributed by atoms with Crippen LogP contribution >= 0.6 is 15.9 Å². The van der Waals surface area contributed by atoms with E-state index in [0.717, 1.165) is 36.0 Å². The van der Waals surface area contributed by atoms with E-state index >= 15 is 0 Å². The molecule has 0 spiro atoms. The molecule has 0 aromatic heterocycles. The van der Waals surface area contributed by atoms with Gasteiger partial charge in [-0.15, -0.1) is 0 Å². The zero-order valence-corrected chi connectivity index (χ0v) is 12.9. The highest BCUT2D eigenvalue weighted by Crippen LogP contribution is 2.24. The van der Waals surface area contributed by atoms with E-state index in [-0.39, 0.29) is 11.9 Å². The van der Waals surface area contributed by atoms with E-state index in [9.17, 15) is 4.39 Å². The SMILES string of the molecule is CCCNC(CCN(C)C)c1cc(Br)ccc1F. The van der Waals surface area contributed by atoms with Gasteiger partial charge in [0.05, 0.1) is 0 Å². The summed E-state index contributed by atoms with van der Waals surface area (Å²) in [5, 5.41) is 3.42. The smallest absolute Gasteiger partial charge is 0.128 e. The largest absolute Gasteiger partial charge is 0.310 e. The van der Waals surface area contributed by atoms with Crippen molar-refractivity contribution >= 4 is 15.9 Å². The maximum Gasteiger partial charge on any atom is 0.128 e. The molecule has 4 heteroatoms. The van der Waals surface area contributed by atoms with Gasteiger partial charge in [0.25, 0.3) is 0 Å². The van der Waals surface area contributed by atoms with Crippen LogP contribution in [0.15, 0.2) is 22.7 Å². The standard InChI is InChI=1S/C14H22BrFN2/c1-4-8-17-14(7-9-18(2)3)12-10-11(15)5-6-13(12)16/h5-6,10,14,17H,4,7-9H2,1-3H3. The Morgan fingerprint density at radius 2 is 2.11 bits per heavy atom. The molecule has 0 saturated heterocycles. The van der Waals surface area contributed by atoms with Crippen LogP contribution in [0.2, 0.25) is 0 Å². The average Bonchev–Trinajstić information content (AvgIpc) is 2.32. The number of hydrogen-bond acceptors (Lipinski definition) is 2. The lowest BCUT2D eigenvalue weighted by Crippen LogP contribution is -2.27. The molecular formula is C14H22BrFN2. The minimum Gasteiger partial charge on any atom is -0.310 e. The number of hydrogen-bond donors (Lipinski definition) is 1. The van der Waals surface area contributed by atoms with Crippen LogP contribution in [0.5, 0.6) is 0 Å². The Bertz CT molecular complexity index is 369. The van der Waals surface area contributed by atoms with Crippen LogP contribution in [0.4, 0.5) is 4.39 Å². The zero-order valence-electron chi connectivity index (χ0n) is 11.3. The van der Waals surface area contributed by atoms with Crippen molar-refractivity contribution in [2.75, 3.05) is 27.2 Å². The van der Waals surface area contributed by atoms with Gasteiger partial charge in [-0.2, -0.15) is 0 Å². The van der Waals surface area contributed by atoms with Crippen LogP contribution in [0, 0.1) is 5.82 Å². The Labute approximate surface area is 118 Å². The van der Waals surface area contributed by atoms with Gasteiger partial charge < -0.3 is 10.2 Å². The summed E-state index contributed by atoms with van der Waals surface area (Å²) in [6, 6.07) is 5.21. The van der Waals surface area contributed by atoms with E-state index in [1.54, 1.807) is 6.07 Å². The van der Waals surface area contributed by atoms with Crippen molar-refractivity contribution in [1.29, 1.82) is 0 Å². The van der Waals surface area contributed by atoms with E-state index < -0.39 is 0 Å². The molecule has 0 bridgehead atoms. The summed E-state index contributed by atoms with van der Waals surface area (Å²) < 4.78 is 14.8. The fourth-order valence-corrected chi connectivity index (χ4v) is 2.23. The minimum atomic E-state index is -0.134. The molecule has 0 aliphatic carbocycles. The van der Waals surface area contributed by atoms with Crippen LogP contribution in [0.25, 0.3) is 0 Å². The third-order valence-corrected chi connectivity index (χ3v) is 3.33. The maximum absolute atomic E-state index is 13.9. The van der Waals surface area contributed by atoms with Gasteiger partial charge in [0.2, 0.25) is 0 Å². The monoisotopic (exact) mass is 316 g/mol. The molecule has 1 atom stereocenters. The molecule has 0 radical (unpaired) electrons. The number of halogens is 2. The van der Waals surface area contributed by atoms with Crippen LogP contribution in [0.3, 0.4) is 0 Å². The van der Waals surface area contributed by atoms with Gasteiger partial charge in [0.15, 0.2) is 0 Å². The highest BCUT2D eigenvalue weighted by Gasteiger charge is 2.15. The lowest BCUT2D eigenvalue weighted by atomic mass is 10.0. The first kappa shape index (κ1) is 15.6. The molecule has 102 valence electrons. The van der Waals surface area contributed by atoms with E-state index in [0.29, 0.717) is 0 Å². The predicted molar refractivity (Wildman–Crippen MR) is 78.3 cm³/mol. The van der Waals surface area contributed by atoms with Gasteiger partial charge >= 0.3 is 0 Å². The van der Waals surface area contributed by atoms with Crippen LogP contribution in [-0.2, 0) is 0 Å². The Morgan fingerprint density at radius 3 is 2.72 bits per heavy atom. The Hall–Kier alpha value is -0.450. The van der Waals surface area contributed by atoms with E-state index in [1.807, 2.05) is 20.2 Å². The molecule has 1 rings (SSSR count). The molecular weight excluding hydrogens is 295 g/mol. The quantitative estimate of drug-likeness (QED) is 0.827. The third-order valence-electron chi connectivity index (χ3n) is 2.84. The second-order valence-electron chi connectivity index (χ2n) is 4.76. The van der Waals surface area contributed by atoms with Crippen molar-refractivity contribution in [3.8, 4) is 0 Å². The first-order valence-electron chi connectivity index (χ1n) is 6.37. The summed E-state index contributed by atoms with van der Waals surface area (Å²) in [4.78, 5) is 2.12. The summed E-state index contributed by atoms with van der Waals surface area (Å²) in [5.41, 5.74) is 0.750. The maximum atomic E-state index is 13.9. The normalized spacial score (nSPS) is 13.0. The van der Waals surface area contributed by atoms with Gasteiger partial charge in [-0.25, -0.2) is 4.39 Å². The number of rotatable bonds is 7. The Balaban J connectivity index is 2.82. The van der Waals surface area contributed by atoms with Crippen molar-refractivity contribution in [2.24, 2.45) is 0 Å². The molecule has 0 aliphatic rings. The van der Waals surface area contributed by atoms with Gasteiger partial charge in [0.1, 0.15) is 5.82 Å². The highest BCUT2D eigenvalue weighted by atomic mass is 79.9. The highest BCUT2D eigenvalue weighted by molar-refractivity contribution is 9.10. The van der Waals surface area contributed by atoms with Crippen molar-refractivity contribution < 1.29 is 4.39 Å². The van der Waals surface area contributed by atoms with Crippen LogP contribution < -0.4 is 5.32 Å². The predicted octanol–water partition coefficient (Wildman–Crippen LogP) is 3.58. The molecule has 0 saturated carbocycles. The van der Waals surface area contributed by atoms with Gasteiger partial charge in [-0.05, 0) is 58.2 Å².